The number of nitrogens with one attached hydrogen (secondary N) is 1. The van der Waals surface area contributed by atoms with E-state index in [1.165, 1.54) is 6.07 Å². The van der Waals surface area contributed by atoms with Crippen LogP contribution in [0, 0.1) is 5.82 Å². The fraction of sp³-hybridized carbons (Fsp3) is 0.500. The summed E-state index contributed by atoms with van der Waals surface area (Å²) in [5.74, 6) is -0.337. The molecule has 4 heteroatoms. The second-order valence-electron chi connectivity index (χ2n) is 4.81. The van der Waals surface area contributed by atoms with Gasteiger partial charge in [-0.3, -0.25) is 0 Å². The van der Waals surface area contributed by atoms with Crippen LogP contribution in [0.2, 0.25) is 0 Å². The Balaban J connectivity index is 0.00000128. The van der Waals surface area contributed by atoms with Crippen molar-refractivity contribution in [2.75, 3.05) is 0 Å². The summed E-state index contributed by atoms with van der Waals surface area (Å²) in [6.07, 6.45) is 0.113. The van der Waals surface area contributed by atoms with Crippen molar-refractivity contribution in [3.8, 4) is 0 Å². The van der Waals surface area contributed by atoms with Gasteiger partial charge in [0.2, 0.25) is 0 Å². The van der Waals surface area contributed by atoms with Crippen LogP contribution in [-0.2, 0) is 0 Å². The molecule has 1 saturated heterocycles. The number of benzene rings is 1. The number of halogens is 2. The van der Waals surface area contributed by atoms with E-state index in [0.717, 1.165) is 6.42 Å². The lowest BCUT2D eigenvalue weighted by Crippen LogP contribution is -2.62. The number of rotatable bonds is 2. The first-order chi connectivity index (χ1) is 6.99. The molecule has 2 rings (SSSR count). The normalized spacial score (nSPS) is 24.1. The molecule has 2 nitrogen and oxygen atoms in total. The Morgan fingerprint density at radius 3 is 2.50 bits per heavy atom. The molecule has 2 N–H and O–H groups in total. The first-order valence-electron chi connectivity index (χ1n) is 5.20. The zero-order valence-electron chi connectivity index (χ0n) is 9.40. The highest BCUT2D eigenvalue weighted by Crippen LogP contribution is 2.32. The predicted molar refractivity (Wildman–Crippen MR) is 64.2 cm³/mol. The van der Waals surface area contributed by atoms with E-state index in [-0.39, 0.29) is 29.8 Å². The molecule has 0 aliphatic carbocycles. The van der Waals surface area contributed by atoms with Crippen LogP contribution in [-0.4, -0.2) is 16.7 Å². The quantitative estimate of drug-likeness (QED) is 0.839. The van der Waals surface area contributed by atoms with Gasteiger partial charge < -0.3 is 10.4 Å². The van der Waals surface area contributed by atoms with Crippen LogP contribution in [0.4, 0.5) is 4.39 Å². The molecular weight excluding hydrogens is 229 g/mol. The minimum Gasteiger partial charge on any atom is -0.387 e. The third-order valence-electron chi connectivity index (χ3n) is 2.91. The van der Waals surface area contributed by atoms with E-state index in [0.29, 0.717) is 5.56 Å². The maximum Gasteiger partial charge on any atom is 0.129 e. The van der Waals surface area contributed by atoms with Gasteiger partial charge in [0.25, 0.3) is 0 Å². The van der Waals surface area contributed by atoms with Crippen LogP contribution in [0.15, 0.2) is 24.3 Å². The van der Waals surface area contributed by atoms with E-state index in [1.807, 2.05) is 0 Å². The van der Waals surface area contributed by atoms with Crippen molar-refractivity contribution in [3.63, 3.8) is 0 Å². The van der Waals surface area contributed by atoms with Gasteiger partial charge in [-0.25, -0.2) is 4.39 Å². The van der Waals surface area contributed by atoms with Gasteiger partial charge in [-0.2, -0.15) is 0 Å². The van der Waals surface area contributed by atoms with Crippen molar-refractivity contribution >= 4 is 12.4 Å². The maximum atomic E-state index is 13.4. The molecule has 0 spiro atoms. The van der Waals surface area contributed by atoms with Crippen molar-refractivity contribution < 1.29 is 9.50 Å². The fourth-order valence-corrected chi connectivity index (χ4v) is 2.15. The van der Waals surface area contributed by atoms with Crippen molar-refractivity contribution in [2.45, 2.75) is 38.0 Å². The molecule has 0 amide bonds. The first kappa shape index (κ1) is 13.4. The number of hydrogen-bond acceptors (Lipinski definition) is 2. The van der Waals surface area contributed by atoms with Gasteiger partial charge in [-0.15, -0.1) is 12.4 Å². The van der Waals surface area contributed by atoms with E-state index < -0.39 is 6.10 Å². The zero-order chi connectivity index (χ0) is 11.1. The van der Waals surface area contributed by atoms with Crippen LogP contribution in [0.5, 0.6) is 0 Å². The van der Waals surface area contributed by atoms with Gasteiger partial charge in [-0.05, 0) is 26.3 Å². The molecule has 2 atom stereocenters. The van der Waals surface area contributed by atoms with Crippen molar-refractivity contribution in [1.29, 1.82) is 0 Å². The summed E-state index contributed by atoms with van der Waals surface area (Å²) < 4.78 is 13.4. The van der Waals surface area contributed by atoms with Gasteiger partial charge in [0.15, 0.2) is 0 Å². The minimum atomic E-state index is -0.751. The highest BCUT2D eigenvalue weighted by Gasteiger charge is 2.40. The molecule has 0 aromatic heterocycles. The highest BCUT2D eigenvalue weighted by molar-refractivity contribution is 5.85. The van der Waals surface area contributed by atoms with Gasteiger partial charge in [-0.1, -0.05) is 18.2 Å². The molecule has 0 saturated carbocycles. The Morgan fingerprint density at radius 2 is 2.00 bits per heavy atom. The third-order valence-corrected chi connectivity index (χ3v) is 2.91. The summed E-state index contributed by atoms with van der Waals surface area (Å²) in [5.41, 5.74) is 0.446. The fourth-order valence-electron chi connectivity index (χ4n) is 2.15. The number of hydrogen-bond donors (Lipinski definition) is 2. The lowest BCUT2D eigenvalue weighted by atomic mass is 9.80. The summed E-state index contributed by atoms with van der Waals surface area (Å²) in [6.45, 7) is 4.13. The average Bonchev–Trinajstić information content (AvgIpc) is 2.14. The first-order valence-corrected chi connectivity index (χ1v) is 5.20. The largest absolute Gasteiger partial charge is 0.387 e. The van der Waals surface area contributed by atoms with Crippen LogP contribution in [0.1, 0.15) is 31.9 Å². The SMILES string of the molecule is CC1(C)CC([C@H](O)c2ccccc2F)N1.Cl. The molecular formula is C12H17ClFNO. The van der Waals surface area contributed by atoms with E-state index >= 15 is 0 Å². The average molecular weight is 246 g/mol. The number of aliphatic hydroxyl groups is 1. The van der Waals surface area contributed by atoms with E-state index in [1.54, 1.807) is 18.2 Å². The number of aliphatic hydroxyl groups excluding tert-OH is 1. The van der Waals surface area contributed by atoms with Gasteiger partial charge in [0.05, 0.1) is 6.10 Å². The maximum absolute atomic E-state index is 13.4. The van der Waals surface area contributed by atoms with Gasteiger partial charge in [0.1, 0.15) is 5.82 Å². The summed E-state index contributed by atoms with van der Waals surface area (Å²) in [6, 6.07) is 6.35. The summed E-state index contributed by atoms with van der Waals surface area (Å²) >= 11 is 0. The molecule has 1 unspecified atom stereocenters. The summed E-state index contributed by atoms with van der Waals surface area (Å²) in [7, 11) is 0. The Hall–Kier alpha value is -0.640. The molecule has 0 radical (unpaired) electrons. The second kappa shape index (κ2) is 4.70. The summed E-state index contributed by atoms with van der Waals surface area (Å²) in [4.78, 5) is 0. The molecule has 1 aromatic rings. The Morgan fingerprint density at radius 1 is 1.44 bits per heavy atom. The zero-order valence-corrected chi connectivity index (χ0v) is 10.2. The predicted octanol–water partition coefficient (Wildman–Crippen LogP) is 2.42. The molecule has 90 valence electrons. The smallest absolute Gasteiger partial charge is 0.129 e. The Kier molecular flexibility index (Phi) is 3.94. The Labute approximate surface area is 101 Å². The van der Waals surface area contributed by atoms with Gasteiger partial charge in [0, 0.05) is 17.1 Å². The van der Waals surface area contributed by atoms with Crippen LogP contribution < -0.4 is 5.32 Å². The van der Waals surface area contributed by atoms with Crippen LogP contribution in [0.3, 0.4) is 0 Å². The van der Waals surface area contributed by atoms with E-state index in [2.05, 4.69) is 19.2 Å². The molecule has 1 fully saturated rings. The third kappa shape index (κ3) is 2.54. The second-order valence-corrected chi connectivity index (χ2v) is 4.81. The highest BCUT2D eigenvalue weighted by atomic mass is 35.5. The van der Waals surface area contributed by atoms with Crippen LogP contribution >= 0.6 is 12.4 Å². The lowest BCUT2D eigenvalue weighted by Gasteiger charge is -2.46. The standard InChI is InChI=1S/C12H16FNO.ClH/c1-12(2)7-10(14-12)11(15)8-5-3-4-6-9(8)13;/h3-6,10-11,14-15H,7H2,1-2H3;1H/t10?,11-;/m1./s1. The van der Waals surface area contributed by atoms with Crippen molar-refractivity contribution in [2.24, 2.45) is 0 Å². The molecule has 1 heterocycles. The molecule has 16 heavy (non-hydrogen) atoms. The lowest BCUT2D eigenvalue weighted by molar-refractivity contribution is 0.0369. The molecule has 0 bridgehead atoms. The van der Waals surface area contributed by atoms with Crippen LogP contribution in [0.25, 0.3) is 0 Å². The topological polar surface area (TPSA) is 32.3 Å². The monoisotopic (exact) mass is 245 g/mol. The molecule has 1 aliphatic heterocycles. The molecule has 1 aliphatic rings. The molecule has 1 aromatic carbocycles. The minimum absolute atomic E-state index is 0. The Bertz CT molecular complexity index is 362. The van der Waals surface area contributed by atoms with Crippen molar-refractivity contribution in [3.05, 3.63) is 35.6 Å². The van der Waals surface area contributed by atoms with Crippen molar-refractivity contribution in [1.82, 2.24) is 5.32 Å². The van der Waals surface area contributed by atoms with E-state index in [4.69, 9.17) is 0 Å². The van der Waals surface area contributed by atoms with E-state index in [9.17, 15) is 9.50 Å². The van der Waals surface area contributed by atoms with Gasteiger partial charge >= 0.3 is 0 Å². The summed E-state index contributed by atoms with van der Waals surface area (Å²) in [5, 5.41) is 13.2.